The predicted molar refractivity (Wildman–Crippen MR) is 116 cm³/mol. The summed E-state index contributed by atoms with van der Waals surface area (Å²) in [6.45, 7) is 13.0. The highest BCUT2D eigenvalue weighted by Gasteiger charge is 2.79. The third kappa shape index (κ3) is 2.61. The van der Waals surface area contributed by atoms with Crippen molar-refractivity contribution < 1.29 is 38.5 Å². The second-order valence-electron chi connectivity index (χ2n) is 11.1. The molecule has 1 saturated heterocycles. The van der Waals surface area contributed by atoms with Crippen LogP contribution < -0.4 is 0 Å². The number of allylic oxidation sites excluding steroid dienone is 1. The van der Waals surface area contributed by atoms with Gasteiger partial charge in [0, 0.05) is 23.8 Å². The van der Waals surface area contributed by atoms with Crippen molar-refractivity contribution in [3.05, 3.63) is 22.8 Å². The minimum absolute atomic E-state index is 0.0589. The Balaban J connectivity index is 2.13. The molecule has 5 rings (SSSR count). The quantitative estimate of drug-likeness (QED) is 0.494. The summed E-state index contributed by atoms with van der Waals surface area (Å²) >= 11 is 0. The van der Waals surface area contributed by atoms with Crippen LogP contribution in [0.25, 0.3) is 0 Å². The van der Waals surface area contributed by atoms with Crippen LogP contribution in [0.4, 0.5) is 0 Å². The van der Waals surface area contributed by atoms with Crippen molar-refractivity contribution in [2.24, 2.45) is 16.7 Å². The zero-order valence-corrected chi connectivity index (χ0v) is 20.5. The Morgan fingerprint density at radius 3 is 2.27 bits per heavy atom. The fraction of sp³-hybridized carbons (Fsp3) is 0.680. The van der Waals surface area contributed by atoms with E-state index in [9.17, 15) is 24.3 Å². The first kappa shape index (κ1) is 23.7. The van der Waals surface area contributed by atoms with E-state index in [1.165, 1.54) is 13.8 Å². The third-order valence-corrected chi connectivity index (χ3v) is 8.40. The number of hydrogen-bond acceptors (Lipinski definition) is 8. The number of rotatable bonds is 2. The van der Waals surface area contributed by atoms with Gasteiger partial charge in [0.25, 0.3) is 0 Å². The third-order valence-electron chi connectivity index (χ3n) is 8.40. The molecule has 2 aliphatic carbocycles. The number of Topliss-reactive ketones (excluding diaryl/α,β-unsaturated/α-hetero) is 1. The number of carbonyl (C=O) groups excluding carboxylic acids is 4. The van der Waals surface area contributed by atoms with Gasteiger partial charge in [0.15, 0.2) is 11.2 Å². The smallest absolute Gasteiger partial charge is 0.318 e. The molecule has 5 unspecified atom stereocenters. The van der Waals surface area contributed by atoms with E-state index < -0.39 is 63.3 Å². The highest BCUT2D eigenvalue weighted by Crippen LogP contribution is 2.68. The number of cyclic esters (lactones) is 1. The molecule has 0 amide bonds. The fourth-order valence-electron chi connectivity index (χ4n) is 6.90. The molecule has 1 fully saturated rings. The van der Waals surface area contributed by atoms with Gasteiger partial charge in [0.05, 0.1) is 12.5 Å². The molecule has 0 spiro atoms. The maximum atomic E-state index is 14.1. The molecule has 3 heterocycles. The van der Waals surface area contributed by atoms with E-state index >= 15 is 0 Å². The van der Waals surface area contributed by atoms with Crippen molar-refractivity contribution >= 4 is 23.7 Å². The Morgan fingerprint density at radius 1 is 1.12 bits per heavy atom. The van der Waals surface area contributed by atoms with Crippen molar-refractivity contribution in [2.75, 3.05) is 0 Å². The summed E-state index contributed by atoms with van der Waals surface area (Å²) in [6, 6.07) is 0. The monoisotopic (exact) mass is 460 g/mol. The van der Waals surface area contributed by atoms with Crippen LogP contribution in [0.2, 0.25) is 0 Å². The number of ether oxygens (including phenoxy) is 3. The molecule has 5 atom stereocenters. The van der Waals surface area contributed by atoms with E-state index in [2.05, 4.69) is 0 Å². The van der Waals surface area contributed by atoms with Gasteiger partial charge in [0.1, 0.15) is 11.0 Å². The summed E-state index contributed by atoms with van der Waals surface area (Å²) < 4.78 is 17.1. The molecule has 1 N–H and O–H groups in total. The van der Waals surface area contributed by atoms with Crippen LogP contribution in [0.3, 0.4) is 0 Å². The lowest BCUT2D eigenvalue weighted by atomic mass is 9.46. The Bertz CT molecular complexity index is 1060. The highest BCUT2D eigenvalue weighted by atomic mass is 16.6. The molecule has 0 radical (unpaired) electrons. The first-order chi connectivity index (χ1) is 15.0. The lowest BCUT2D eigenvalue weighted by Crippen LogP contribution is -2.74. The first-order valence-electron chi connectivity index (χ1n) is 11.3. The number of aliphatic hydroxyl groups excluding tert-OH is 1. The molecule has 8 heteroatoms. The van der Waals surface area contributed by atoms with Crippen LogP contribution >= 0.6 is 0 Å². The standard InChI is InChI=1S/C25H32O8/c1-12(2)25(31-13(3)26)19(29)23(7)10-15-14-9-17(28)32-21(4,5)18(14)16(27)11-22(15,6)24(25,8)20(30)33-23/h10,12,16,27H,9,11H2,1-8H3. The zero-order chi connectivity index (χ0) is 24.9. The Kier molecular flexibility index (Phi) is 4.70. The van der Waals surface area contributed by atoms with E-state index in [1.807, 2.05) is 0 Å². The Labute approximate surface area is 193 Å². The first-order valence-corrected chi connectivity index (χ1v) is 11.3. The van der Waals surface area contributed by atoms with E-state index in [-0.39, 0.29) is 12.8 Å². The molecule has 0 aromatic carbocycles. The van der Waals surface area contributed by atoms with Crippen LogP contribution in [0.1, 0.15) is 68.2 Å². The van der Waals surface area contributed by atoms with E-state index in [4.69, 9.17) is 14.2 Å². The van der Waals surface area contributed by atoms with Crippen LogP contribution in [-0.2, 0) is 33.4 Å². The zero-order valence-electron chi connectivity index (χ0n) is 20.5. The summed E-state index contributed by atoms with van der Waals surface area (Å²) in [5.41, 5.74) is -5.74. The topological polar surface area (TPSA) is 116 Å². The van der Waals surface area contributed by atoms with Gasteiger partial charge >= 0.3 is 17.9 Å². The highest BCUT2D eigenvalue weighted by molar-refractivity contribution is 6.08. The van der Waals surface area contributed by atoms with Crippen LogP contribution in [0, 0.1) is 16.7 Å². The van der Waals surface area contributed by atoms with Crippen molar-refractivity contribution in [2.45, 2.75) is 91.1 Å². The number of carbonyl (C=O) groups is 4. The molecule has 3 aliphatic heterocycles. The van der Waals surface area contributed by atoms with Gasteiger partial charge in [-0.05, 0) is 51.3 Å². The Hall–Kier alpha value is -2.48. The summed E-state index contributed by atoms with van der Waals surface area (Å²) in [5, 5.41) is 11.3. The lowest BCUT2D eigenvalue weighted by Gasteiger charge is -2.59. The van der Waals surface area contributed by atoms with Crippen molar-refractivity contribution in [3.8, 4) is 0 Å². The predicted octanol–water partition coefficient (Wildman–Crippen LogP) is 2.57. The van der Waals surface area contributed by atoms with Crippen LogP contribution in [0.15, 0.2) is 22.8 Å². The van der Waals surface area contributed by atoms with Crippen molar-refractivity contribution in [3.63, 3.8) is 0 Å². The maximum absolute atomic E-state index is 14.1. The van der Waals surface area contributed by atoms with Gasteiger partial charge in [-0.15, -0.1) is 0 Å². The number of fused-ring (bicyclic) bond motifs is 2. The molecule has 33 heavy (non-hydrogen) atoms. The molecule has 0 saturated carbocycles. The minimum Gasteiger partial charge on any atom is -0.455 e. The van der Waals surface area contributed by atoms with Gasteiger partial charge in [0.2, 0.25) is 5.78 Å². The largest absolute Gasteiger partial charge is 0.455 e. The number of esters is 3. The van der Waals surface area contributed by atoms with E-state index in [0.29, 0.717) is 16.7 Å². The molecular formula is C25H32O8. The van der Waals surface area contributed by atoms with Crippen LogP contribution in [-0.4, -0.2) is 51.7 Å². The fourth-order valence-corrected chi connectivity index (χ4v) is 6.90. The average molecular weight is 461 g/mol. The van der Waals surface area contributed by atoms with Gasteiger partial charge in [-0.25, -0.2) is 0 Å². The van der Waals surface area contributed by atoms with Gasteiger partial charge in [-0.1, -0.05) is 20.8 Å². The molecule has 5 aliphatic rings. The molecule has 0 aromatic heterocycles. The summed E-state index contributed by atoms with van der Waals surface area (Å²) in [5.74, 6) is -2.93. The molecule has 2 bridgehead atoms. The summed E-state index contributed by atoms with van der Waals surface area (Å²) in [7, 11) is 0. The van der Waals surface area contributed by atoms with Gasteiger partial charge in [-0.2, -0.15) is 0 Å². The molecular weight excluding hydrogens is 428 g/mol. The minimum atomic E-state index is -1.83. The normalized spacial score (nSPS) is 41.6. The Morgan fingerprint density at radius 2 is 1.73 bits per heavy atom. The molecule has 0 aromatic rings. The van der Waals surface area contributed by atoms with Gasteiger partial charge < -0.3 is 19.3 Å². The summed E-state index contributed by atoms with van der Waals surface area (Å²) in [6.07, 6.45) is 0.511. The number of ketones is 1. The van der Waals surface area contributed by atoms with Crippen molar-refractivity contribution in [1.82, 2.24) is 0 Å². The average Bonchev–Trinajstić information content (AvgIpc) is 2.73. The molecule has 180 valence electrons. The number of hydrogen-bond donors (Lipinski definition) is 1. The van der Waals surface area contributed by atoms with Gasteiger partial charge in [-0.3, -0.25) is 19.2 Å². The van der Waals surface area contributed by atoms with Crippen molar-refractivity contribution in [1.29, 1.82) is 0 Å². The maximum Gasteiger partial charge on any atom is 0.318 e. The van der Waals surface area contributed by atoms with E-state index in [1.54, 1.807) is 47.6 Å². The SMILES string of the molecule is CC(=O)OC1(C(C)C)C(=O)C2(C)C=C3C4=C(C(O)CC3(C)C1(C)C(=O)O2)C(C)(C)OC(=O)C4. The van der Waals surface area contributed by atoms with E-state index in [0.717, 1.165) is 0 Å². The van der Waals surface area contributed by atoms with Crippen LogP contribution in [0.5, 0.6) is 0 Å². The molecule has 8 nitrogen and oxygen atoms in total. The number of aliphatic hydroxyl groups is 1. The lowest BCUT2D eigenvalue weighted by molar-refractivity contribution is -0.239. The second-order valence-corrected chi connectivity index (χ2v) is 11.1. The summed E-state index contributed by atoms with van der Waals surface area (Å²) in [4.78, 5) is 52.8. The second kappa shape index (κ2) is 6.56.